The number of para-hydroxylation sites is 1. The van der Waals surface area contributed by atoms with Gasteiger partial charge in [-0.2, -0.15) is 23.4 Å². The lowest BCUT2D eigenvalue weighted by molar-refractivity contribution is -0.138. The first-order chi connectivity index (χ1) is 20.3. The van der Waals surface area contributed by atoms with Gasteiger partial charge in [0.25, 0.3) is 5.91 Å². The van der Waals surface area contributed by atoms with Gasteiger partial charge < -0.3 is 20.3 Å². The third kappa shape index (κ3) is 5.95. The average molecular weight is 595 g/mol. The molecule has 1 spiro atoms. The fourth-order valence-electron chi connectivity index (χ4n) is 5.85. The molecule has 0 radical (unpaired) electrons. The second-order valence-electron chi connectivity index (χ2n) is 10.6. The van der Waals surface area contributed by atoms with Crippen LogP contribution in [0, 0.1) is 5.41 Å². The number of benzene rings is 2. The maximum atomic E-state index is 15.0. The van der Waals surface area contributed by atoms with Gasteiger partial charge in [0.15, 0.2) is 0 Å². The molecule has 2 aliphatic rings. The maximum absolute atomic E-state index is 15.0. The highest BCUT2D eigenvalue weighted by molar-refractivity contribution is 7.13. The number of anilines is 2. The summed E-state index contributed by atoms with van der Waals surface area (Å²) in [7, 11) is 0. The molecule has 2 aromatic carbocycles. The average Bonchev–Trinajstić information content (AvgIpc) is 3.49. The van der Waals surface area contributed by atoms with Crippen molar-refractivity contribution >= 4 is 28.6 Å². The number of hydrogen-bond donors (Lipinski definition) is 2. The van der Waals surface area contributed by atoms with E-state index in [1.54, 1.807) is 46.7 Å². The van der Waals surface area contributed by atoms with E-state index in [-0.39, 0.29) is 28.2 Å². The highest BCUT2D eigenvalue weighted by atomic mass is 32.1. The molecule has 4 aromatic rings. The van der Waals surface area contributed by atoms with Crippen LogP contribution < -0.4 is 20.3 Å². The molecule has 0 bridgehead atoms. The van der Waals surface area contributed by atoms with E-state index in [0.717, 1.165) is 38.8 Å². The Morgan fingerprint density at radius 2 is 1.86 bits per heavy atom. The van der Waals surface area contributed by atoms with Crippen molar-refractivity contribution in [1.29, 1.82) is 0 Å². The van der Waals surface area contributed by atoms with Crippen molar-refractivity contribution in [2.24, 2.45) is 5.41 Å². The standard InChI is InChI=1S/C30H29F3N6O2S/c31-30(32,33)25-24(41-21-5-2-1-3-6-21)8-7-22(26(25)39-16-4-10-29(19-39)11-14-34-15-12-29)37-27(40)23-18-42-28(38-23)20-9-13-35-36-17-20/h1-3,5-9,13,17-18,34H,4,10-12,14-16,19H2,(H,37,40). The van der Waals surface area contributed by atoms with Crippen LogP contribution in [0.4, 0.5) is 24.5 Å². The van der Waals surface area contributed by atoms with Crippen LogP contribution in [0.3, 0.4) is 0 Å². The molecule has 42 heavy (non-hydrogen) atoms. The van der Waals surface area contributed by atoms with Gasteiger partial charge in [-0.1, -0.05) is 18.2 Å². The van der Waals surface area contributed by atoms with E-state index in [0.29, 0.717) is 29.4 Å². The van der Waals surface area contributed by atoms with Gasteiger partial charge in [0.05, 0.1) is 23.8 Å². The molecule has 0 saturated carbocycles. The molecule has 6 rings (SSSR count). The van der Waals surface area contributed by atoms with E-state index in [1.165, 1.54) is 35.9 Å². The SMILES string of the molecule is O=C(Nc1ccc(Oc2ccccc2)c(C(F)(F)F)c1N1CCCC2(CCNCC2)C1)c1csc(-c2ccnnc2)n1. The Hall–Kier alpha value is -4.03. The van der Waals surface area contributed by atoms with Crippen molar-refractivity contribution in [3.8, 4) is 22.1 Å². The summed E-state index contributed by atoms with van der Waals surface area (Å²) in [5.74, 6) is -0.619. The number of amides is 1. The van der Waals surface area contributed by atoms with E-state index >= 15 is 0 Å². The van der Waals surface area contributed by atoms with Gasteiger partial charge in [-0.15, -0.1) is 11.3 Å². The van der Waals surface area contributed by atoms with Crippen LogP contribution in [0.25, 0.3) is 10.6 Å². The predicted molar refractivity (Wildman–Crippen MR) is 155 cm³/mol. The van der Waals surface area contributed by atoms with Gasteiger partial charge >= 0.3 is 6.18 Å². The molecular weight excluding hydrogens is 565 g/mol. The molecule has 0 aliphatic carbocycles. The van der Waals surface area contributed by atoms with Crippen molar-refractivity contribution in [2.45, 2.75) is 31.9 Å². The summed E-state index contributed by atoms with van der Waals surface area (Å²) < 4.78 is 50.8. The van der Waals surface area contributed by atoms with E-state index in [9.17, 15) is 18.0 Å². The summed E-state index contributed by atoms with van der Waals surface area (Å²) in [6.07, 6.45) is 1.79. The molecule has 2 aliphatic heterocycles. The second-order valence-corrected chi connectivity index (χ2v) is 11.5. The third-order valence-electron chi connectivity index (χ3n) is 7.85. The Morgan fingerprint density at radius 3 is 2.60 bits per heavy atom. The molecular formula is C30H29F3N6O2S. The number of hydrogen-bond acceptors (Lipinski definition) is 8. The van der Waals surface area contributed by atoms with Crippen LogP contribution in [0.1, 0.15) is 41.7 Å². The van der Waals surface area contributed by atoms with Gasteiger partial charge in [-0.05, 0) is 74.5 Å². The van der Waals surface area contributed by atoms with Crippen LogP contribution >= 0.6 is 11.3 Å². The number of rotatable bonds is 6. The van der Waals surface area contributed by atoms with E-state index in [1.807, 2.05) is 0 Å². The summed E-state index contributed by atoms with van der Waals surface area (Å²) in [6, 6.07) is 12.9. The van der Waals surface area contributed by atoms with Gasteiger partial charge in [0, 0.05) is 24.0 Å². The first-order valence-electron chi connectivity index (χ1n) is 13.8. The van der Waals surface area contributed by atoms with Gasteiger partial charge in [0.2, 0.25) is 0 Å². The molecule has 2 saturated heterocycles. The third-order valence-corrected chi connectivity index (χ3v) is 8.74. The van der Waals surface area contributed by atoms with E-state index < -0.39 is 17.6 Å². The summed E-state index contributed by atoms with van der Waals surface area (Å²) >= 11 is 1.24. The second kappa shape index (κ2) is 11.7. The fourth-order valence-corrected chi connectivity index (χ4v) is 6.65. The molecule has 8 nitrogen and oxygen atoms in total. The number of piperidine rings is 2. The smallest absolute Gasteiger partial charge is 0.422 e. The number of thiazole rings is 1. The maximum Gasteiger partial charge on any atom is 0.422 e. The van der Waals surface area contributed by atoms with Crippen LogP contribution in [0.5, 0.6) is 11.5 Å². The van der Waals surface area contributed by atoms with Crippen LogP contribution in [0.15, 0.2) is 66.3 Å². The number of carbonyl (C=O) groups excluding carboxylic acids is 1. The number of halogens is 3. The summed E-state index contributed by atoms with van der Waals surface area (Å²) in [5.41, 5.74) is -0.209. The van der Waals surface area contributed by atoms with Gasteiger partial charge in [0.1, 0.15) is 27.8 Å². The normalized spacial score (nSPS) is 16.8. The summed E-state index contributed by atoms with van der Waals surface area (Å²) in [5, 5.41) is 15.8. The summed E-state index contributed by atoms with van der Waals surface area (Å²) in [6.45, 7) is 2.57. The van der Waals surface area contributed by atoms with Crippen molar-refractivity contribution in [3.05, 3.63) is 77.6 Å². The highest BCUT2D eigenvalue weighted by Crippen LogP contribution is 2.50. The number of carbonyl (C=O) groups is 1. The molecule has 0 atom stereocenters. The number of nitrogens with one attached hydrogen (secondary N) is 2. The van der Waals surface area contributed by atoms with Crippen molar-refractivity contribution in [2.75, 3.05) is 36.4 Å². The molecule has 1 amide bonds. The molecule has 0 unspecified atom stereocenters. The van der Waals surface area contributed by atoms with Crippen LogP contribution in [-0.4, -0.2) is 47.3 Å². The van der Waals surface area contributed by atoms with Crippen molar-refractivity contribution in [3.63, 3.8) is 0 Å². The van der Waals surface area contributed by atoms with Gasteiger partial charge in [-0.3, -0.25) is 4.79 Å². The number of aromatic nitrogens is 3. The minimum Gasteiger partial charge on any atom is -0.457 e. The van der Waals surface area contributed by atoms with E-state index in [4.69, 9.17) is 4.74 Å². The number of alkyl halides is 3. The topological polar surface area (TPSA) is 92.3 Å². The quantitative estimate of drug-likeness (QED) is 0.259. The largest absolute Gasteiger partial charge is 0.457 e. The number of nitrogens with zero attached hydrogens (tertiary/aromatic N) is 4. The fraction of sp³-hybridized carbons (Fsp3) is 0.333. The minimum absolute atomic E-state index is 0.0684. The number of ether oxygens (including phenoxy) is 1. The van der Waals surface area contributed by atoms with Crippen LogP contribution in [0.2, 0.25) is 0 Å². The minimum atomic E-state index is -4.75. The Bertz CT molecular complexity index is 1540. The lowest BCUT2D eigenvalue weighted by atomic mass is 9.72. The molecule has 12 heteroatoms. The Balaban J connectivity index is 1.40. The summed E-state index contributed by atoms with van der Waals surface area (Å²) in [4.78, 5) is 19.6. The first-order valence-corrected chi connectivity index (χ1v) is 14.7. The zero-order chi connectivity index (χ0) is 29.2. The van der Waals surface area contributed by atoms with Crippen molar-refractivity contribution in [1.82, 2.24) is 20.5 Å². The Labute approximate surface area is 245 Å². The molecule has 2 aromatic heterocycles. The molecule has 4 heterocycles. The zero-order valence-corrected chi connectivity index (χ0v) is 23.5. The Kier molecular flexibility index (Phi) is 7.82. The lowest BCUT2D eigenvalue weighted by Gasteiger charge is -2.47. The predicted octanol–water partition coefficient (Wildman–Crippen LogP) is 6.63. The van der Waals surface area contributed by atoms with Crippen molar-refractivity contribution < 1.29 is 22.7 Å². The molecule has 218 valence electrons. The van der Waals surface area contributed by atoms with Gasteiger partial charge in [-0.25, -0.2) is 4.98 Å². The highest BCUT2D eigenvalue weighted by Gasteiger charge is 2.44. The monoisotopic (exact) mass is 594 g/mol. The molecule has 2 fully saturated rings. The lowest BCUT2D eigenvalue weighted by Crippen LogP contribution is -2.49. The zero-order valence-electron chi connectivity index (χ0n) is 22.7. The molecule has 2 N–H and O–H groups in total. The van der Waals surface area contributed by atoms with E-state index in [2.05, 4.69) is 25.8 Å². The Morgan fingerprint density at radius 1 is 1.05 bits per heavy atom. The van der Waals surface area contributed by atoms with Crippen LogP contribution in [-0.2, 0) is 6.18 Å². The first kappa shape index (κ1) is 28.1.